The molecule has 16 heteroatoms. The summed E-state index contributed by atoms with van der Waals surface area (Å²) >= 11 is 0. The molecule has 2 fully saturated rings. The SMILES string of the molecule is CC(C)(C)OC(=O)N1CCC[C@@H]1/C=C/S(N)(=O)=O.CC(C)(C)OC(=O)NS(=O)(=O)/C=C/[C@H]1CCCN1C(=O)OC(C)(C)C. The van der Waals surface area contributed by atoms with Crippen LogP contribution >= 0.6 is 0 Å². The van der Waals surface area contributed by atoms with E-state index in [1.54, 1.807) is 62.3 Å². The van der Waals surface area contributed by atoms with Gasteiger partial charge in [0, 0.05) is 23.9 Å². The van der Waals surface area contributed by atoms with Gasteiger partial charge in [0.1, 0.15) is 16.8 Å². The zero-order valence-electron chi connectivity index (χ0n) is 26.6. The maximum absolute atomic E-state index is 12.2. The van der Waals surface area contributed by atoms with Gasteiger partial charge in [-0.05, 0) is 100 Å². The molecule has 43 heavy (non-hydrogen) atoms. The van der Waals surface area contributed by atoms with E-state index in [-0.39, 0.29) is 6.04 Å². The molecule has 3 N–H and O–H groups in total. The molecule has 0 saturated carbocycles. The van der Waals surface area contributed by atoms with Crippen molar-refractivity contribution < 1.29 is 45.4 Å². The number of likely N-dealkylation sites (tertiary alicyclic amines) is 2. The fourth-order valence-corrected chi connectivity index (χ4v) is 5.05. The Kier molecular flexibility index (Phi) is 13.1. The molecule has 3 amide bonds. The van der Waals surface area contributed by atoms with Crippen molar-refractivity contribution in [2.45, 2.75) is 117 Å². The molecule has 0 aromatic rings. The molecule has 2 aliphatic heterocycles. The number of carbonyl (C=O) groups excluding carboxylic acids is 3. The number of primary sulfonamides is 1. The van der Waals surface area contributed by atoms with E-state index in [9.17, 15) is 31.2 Å². The third kappa shape index (κ3) is 16.5. The highest BCUT2D eigenvalue weighted by molar-refractivity contribution is 7.93. The minimum absolute atomic E-state index is 0.266. The number of amides is 3. The number of nitrogens with two attached hydrogens (primary N) is 1. The fourth-order valence-electron chi connectivity index (χ4n) is 3.92. The van der Waals surface area contributed by atoms with E-state index in [1.807, 2.05) is 4.72 Å². The Morgan fingerprint density at radius 1 is 0.698 bits per heavy atom. The summed E-state index contributed by atoms with van der Waals surface area (Å²) in [5.41, 5.74) is -1.99. The summed E-state index contributed by atoms with van der Waals surface area (Å²) in [6.45, 7) is 16.6. The van der Waals surface area contributed by atoms with Crippen molar-refractivity contribution in [1.29, 1.82) is 0 Å². The molecule has 2 heterocycles. The molecule has 2 rings (SSSR count). The van der Waals surface area contributed by atoms with E-state index >= 15 is 0 Å². The number of hydrogen-bond donors (Lipinski definition) is 2. The number of hydrogen-bond acceptors (Lipinski definition) is 10. The maximum atomic E-state index is 12.2. The van der Waals surface area contributed by atoms with Crippen molar-refractivity contribution in [1.82, 2.24) is 14.5 Å². The Morgan fingerprint density at radius 2 is 1.07 bits per heavy atom. The number of rotatable bonds is 5. The molecule has 0 aliphatic carbocycles. The first-order valence-electron chi connectivity index (χ1n) is 13.9. The third-order valence-electron chi connectivity index (χ3n) is 5.45. The van der Waals surface area contributed by atoms with Crippen LogP contribution in [0.3, 0.4) is 0 Å². The van der Waals surface area contributed by atoms with E-state index in [2.05, 4.69) is 0 Å². The van der Waals surface area contributed by atoms with Crippen LogP contribution in [0.5, 0.6) is 0 Å². The number of sulfonamides is 2. The van der Waals surface area contributed by atoms with Crippen LogP contribution in [0.25, 0.3) is 0 Å². The normalized spacial score (nSPS) is 20.1. The van der Waals surface area contributed by atoms with Gasteiger partial charge in [-0.25, -0.2) is 41.1 Å². The van der Waals surface area contributed by atoms with Gasteiger partial charge < -0.3 is 24.0 Å². The van der Waals surface area contributed by atoms with Gasteiger partial charge in [0.25, 0.3) is 10.0 Å². The lowest BCUT2D eigenvalue weighted by atomic mass is 10.2. The lowest BCUT2D eigenvalue weighted by Crippen LogP contribution is -2.39. The minimum atomic E-state index is -4.01. The molecular weight excluding hydrogens is 604 g/mol. The van der Waals surface area contributed by atoms with Gasteiger partial charge in [0.2, 0.25) is 10.0 Å². The van der Waals surface area contributed by atoms with Gasteiger partial charge in [-0.15, -0.1) is 0 Å². The molecule has 248 valence electrons. The summed E-state index contributed by atoms with van der Waals surface area (Å²) in [5.74, 6) is 0. The van der Waals surface area contributed by atoms with Crippen LogP contribution in [0.1, 0.15) is 88.0 Å². The van der Waals surface area contributed by atoms with Crippen molar-refractivity contribution >= 4 is 38.3 Å². The molecule has 0 bridgehead atoms. The van der Waals surface area contributed by atoms with Gasteiger partial charge >= 0.3 is 18.3 Å². The second-order valence-corrected chi connectivity index (χ2v) is 16.2. The maximum Gasteiger partial charge on any atom is 0.421 e. The molecule has 0 aromatic carbocycles. The van der Waals surface area contributed by atoms with E-state index in [4.69, 9.17) is 19.3 Å². The summed E-state index contributed by atoms with van der Waals surface area (Å²) < 4.78 is 62.9. The Bertz CT molecular complexity index is 1260. The first kappa shape index (κ1) is 38.2. The number of carbonyl (C=O) groups is 3. The van der Waals surface area contributed by atoms with Gasteiger partial charge in [0.05, 0.1) is 12.1 Å². The van der Waals surface area contributed by atoms with E-state index in [0.717, 1.165) is 23.7 Å². The van der Waals surface area contributed by atoms with Gasteiger partial charge in [-0.2, -0.15) is 0 Å². The molecule has 0 unspecified atom stereocenters. The molecule has 14 nitrogen and oxygen atoms in total. The van der Waals surface area contributed by atoms with E-state index < -0.39 is 61.2 Å². The second kappa shape index (κ2) is 14.8. The van der Waals surface area contributed by atoms with Crippen molar-refractivity contribution in [3.63, 3.8) is 0 Å². The summed E-state index contributed by atoms with van der Waals surface area (Å²) in [6, 6.07) is -0.664. The zero-order chi connectivity index (χ0) is 33.4. The third-order valence-corrected chi connectivity index (χ3v) is 6.95. The van der Waals surface area contributed by atoms with Gasteiger partial charge in [-0.1, -0.05) is 0 Å². The van der Waals surface area contributed by atoms with Crippen LogP contribution in [-0.2, 0) is 34.3 Å². The molecule has 0 aromatic heterocycles. The highest BCUT2D eigenvalue weighted by Gasteiger charge is 2.32. The molecule has 2 aliphatic rings. The van der Waals surface area contributed by atoms with Crippen molar-refractivity contribution in [3.05, 3.63) is 23.0 Å². The van der Waals surface area contributed by atoms with Crippen LogP contribution in [-0.4, -0.2) is 86.9 Å². The Balaban J connectivity index is 0.000000453. The highest BCUT2D eigenvalue weighted by atomic mass is 32.2. The lowest BCUT2D eigenvalue weighted by Gasteiger charge is -2.27. The predicted molar refractivity (Wildman–Crippen MR) is 162 cm³/mol. The molecular formula is C27H48N4O10S2. The van der Waals surface area contributed by atoms with Crippen LogP contribution in [0.4, 0.5) is 14.4 Å². The van der Waals surface area contributed by atoms with Crippen LogP contribution in [0, 0.1) is 0 Å². The summed E-state index contributed by atoms with van der Waals surface area (Å²) in [4.78, 5) is 38.6. The van der Waals surface area contributed by atoms with Crippen molar-refractivity contribution in [2.24, 2.45) is 5.14 Å². The zero-order valence-corrected chi connectivity index (χ0v) is 28.2. The topological polar surface area (TPSA) is 192 Å². The first-order valence-corrected chi connectivity index (χ1v) is 17.1. The highest BCUT2D eigenvalue weighted by Crippen LogP contribution is 2.23. The Hall–Kier alpha value is -2.85. The van der Waals surface area contributed by atoms with Gasteiger partial charge in [-0.3, -0.25) is 0 Å². The summed E-state index contributed by atoms with van der Waals surface area (Å²) in [5, 5.41) is 6.70. The largest absolute Gasteiger partial charge is 0.444 e. The van der Waals surface area contributed by atoms with Crippen molar-refractivity contribution in [2.75, 3.05) is 13.1 Å². The molecule has 0 radical (unpaired) electrons. The molecule has 2 saturated heterocycles. The molecule has 2 atom stereocenters. The van der Waals surface area contributed by atoms with Crippen LogP contribution in [0.2, 0.25) is 0 Å². The van der Waals surface area contributed by atoms with Crippen molar-refractivity contribution in [3.8, 4) is 0 Å². The summed E-state index contributed by atoms with van der Waals surface area (Å²) in [6.07, 6.45) is 3.75. The van der Waals surface area contributed by atoms with Gasteiger partial charge in [0.15, 0.2) is 0 Å². The number of ether oxygens (including phenoxy) is 3. The number of nitrogens with zero attached hydrogens (tertiary/aromatic N) is 2. The minimum Gasteiger partial charge on any atom is -0.444 e. The predicted octanol–water partition coefficient (Wildman–Crippen LogP) is 3.94. The first-order chi connectivity index (χ1) is 19.3. The fraction of sp³-hybridized carbons (Fsp3) is 0.741. The Morgan fingerprint density at radius 3 is 1.42 bits per heavy atom. The average molecular weight is 653 g/mol. The smallest absolute Gasteiger partial charge is 0.421 e. The van der Waals surface area contributed by atoms with E-state index in [0.29, 0.717) is 25.9 Å². The Labute approximate surface area is 256 Å². The molecule has 0 spiro atoms. The number of nitrogens with one attached hydrogen (secondary N) is 1. The summed E-state index contributed by atoms with van der Waals surface area (Å²) in [7, 11) is -7.66. The van der Waals surface area contributed by atoms with Crippen LogP contribution < -0.4 is 9.86 Å². The quantitative estimate of drug-likeness (QED) is 0.411. The monoisotopic (exact) mass is 652 g/mol. The standard InChI is InChI=1S/C16H28N2O6S.C11H20N2O4S/c1-15(2,3)23-13(19)17-25(21,22)11-9-12-8-7-10-18(12)14(20)24-16(4,5)6;1-11(2,3)17-10(14)13-7-4-5-9(13)6-8-18(12,15)16/h9,11-12H,7-8,10H2,1-6H3,(H,17,19);6,8-9H,4-5,7H2,1-3H3,(H2,12,15,16)/b11-9+;8-6+/t12-;9-/m11/s1. The lowest BCUT2D eigenvalue weighted by molar-refractivity contribution is 0.0245. The average Bonchev–Trinajstić information content (AvgIpc) is 3.42. The second-order valence-electron chi connectivity index (χ2n) is 13.2. The van der Waals surface area contributed by atoms with Crippen LogP contribution in [0.15, 0.2) is 23.0 Å². The van der Waals surface area contributed by atoms with E-state index in [1.165, 1.54) is 22.0 Å².